The summed E-state index contributed by atoms with van der Waals surface area (Å²) in [7, 11) is 0. The molecule has 0 unspecified atom stereocenters. The molecule has 0 aliphatic heterocycles. The van der Waals surface area contributed by atoms with Crippen LogP contribution in [0.25, 0.3) is 11.1 Å². The van der Waals surface area contributed by atoms with Crippen LogP contribution in [0, 0.1) is 0 Å². The van der Waals surface area contributed by atoms with Crippen LogP contribution in [0.2, 0.25) is 0 Å². The zero-order valence-corrected chi connectivity index (χ0v) is 19.6. The summed E-state index contributed by atoms with van der Waals surface area (Å²) in [6.45, 7) is 2.27. The maximum Gasteiger partial charge on any atom is 0.177 e. The van der Waals surface area contributed by atoms with Crippen molar-refractivity contribution in [3.05, 3.63) is 78.4 Å². The van der Waals surface area contributed by atoms with Crippen molar-refractivity contribution < 1.29 is 9.84 Å². The molecular formula is C30H38O2. The average Bonchev–Trinajstić information content (AvgIpc) is 2.83. The zero-order chi connectivity index (χ0) is 22.4. The molecule has 0 radical (unpaired) electrons. The zero-order valence-electron chi connectivity index (χ0n) is 19.6. The molecule has 2 heteroatoms. The molecular weight excluding hydrogens is 392 g/mol. The highest BCUT2D eigenvalue weighted by atomic mass is 16.5. The van der Waals surface area contributed by atoms with Gasteiger partial charge in [-0.3, -0.25) is 0 Å². The number of unbranched alkanes of at least 4 members (excludes halogenated alkanes) is 9. The van der Waals surface area contributed by atoms with Gasteiger partial charge in [0.25, 0.3) is 0 Å². The highest BCUT2D eigenvalue weighted by Gasteiger charge is 2.17. The molecule has 3 aromatic rings. The van der Waals surface area contributed by atoms with Crippen molar-refractivity contribution in [3.8, 4) is 28.4 Å². The van der Waals surface area contributed by atoms with Crippen LogP contribution in [0.3, 0.4) is 0 Å². The van der Waals surface area contributed by atoms with E-state index in [0.717, 1.165) is 29.7 Å². The van der Waals surface area contributed by atoms with Crippen molar-refractivity contribution in [2.75, 3.05) is 0 Å². The first-order valence-corrected chi connectivity index (χ1v) is 12.4. The van der Waals surface area contributed by atoms with Gasteiger partial charge in [0.15, 0.2) is 11.5 Å². The fourth-order valence-electron chi connectivity index (χ4n) is 4.25. The predicted molar refractivity (Wildman–Crippen MR) is 136 cm³/mol. The molecule has 0 saturated carbocycles. The molecule has 2 nitrogen and oxygen atoms in total. The summed E-state index contributed by atoms with van der Waals surface area (Å²) in [4.78, 5) is 0. The van der Waals surface area contributed by atoms with Gasteiger partial charge in [-0.25, -0.2) is 0 Å². The fourth-order valence-corrected chi connectivity index (χ4v) is 4.25. The summed E-state index contributed by atoms with van der Waals surface area (Å²) >= 11 is 0. The number of ether oxygens (including phenoxy) is 1. The molecule has 0 spiro atoms. The van der Waals surface area contributed by atoms with E-state index in [1.807, 2.05) is 48.5 Å². The van der Waals surface area contributed by atoms with Gasteiger partial charge in [-0.2, -0.15) is 0 Å². The van der Waals surface area contributed by atoms with Crippen molar-refractivity contribution in [2.45, 2.75) is 77.6 Å². The Morgan fingerprint density at radius 3 is 1.81 bits per heavy atom. The lowest BCUT2D eigenvalue weighted by Gasteiger charge is -2.17. The number of aryl methyl sites for hydroxylation is 1. The first kappa shape index (κ1) is 23.9. The van der Waals surface area contributed by atoms with Crippen LogP contribution in [0.4, 0.5) is 0 Å². The molecule has 0 fully saturated rings. The fraction of sp³-hybridized carbons (Fsp3) is 0.400. The summed E-state index contributed by atoms with van der Waals surface area (Å²) < 4.78 is 6.19. The summed E-state index contributed by atoms with van der Waals surface area (Å²) in [6, 6.07) is 23.8. The lowest BCUT2D eigenvalue weighted by atomic mass is 9.94. The maximum atomic E-state index is 10.7. The Morgan fingerprint density at radius 2 is 1.19 bits per heavy atom. The van der Waals surface area contributed by atoms with Crippen molar-refractivity contribution in [3.63, 3.8) is 0 Å². The summed E-state index contributed by atoms with van der Waals surface area (Å²) in [5.41, 5.74) is 3.32. The number of hydrogen-bond donors (Lipinski definition) is 1. The van der Waals surface area contributed by atoms with E-state index in [-0.39, 0.29) is 5.75 Å². The first-order chi connectivity index (χ1) is 15.8. The first-order valence-electron chi connectivity index (χ1n) is 12.4. The van der Waals surface area contributed by atoms with E-state index in [0.29, 0.717) is 5.75 Å². The SMILES string of the molecule is CCCCCCCCCCCCc1ccc(O)c(Oc2ccccc2)c1-c1ccccc1. The van der Waals surface area contributed by atoms with E-state index < -0.39 is 0 Å². The third kappa shape index (κ3) is 7.44. The lowest BCUT2D eigenvalue weighted by Crippen LogP contribution is -1.96. The van der Waals surface area contributed by atoms with E-state index >= 15 is 0 Å². The molecule has 3 rings (SSSR count). The Hall–Kier alpha value is -2.74. The lowest BCUT2D eigenvalue weighted by molar-refractivity contribution is 0.412. The molecule has 0 amide bonds. The number of para-hydroxylation sites is 1. The predicted octanol–water partition coefficient (Wildman–Crippen LogP) is 9.31. The van der Waals surface area contributed by atoms with Gasteiger partial charge >= 0.3 is 0 Å². The quantitative estimate of drug-likeness (QED) is 0.258. The molecule has 0 atom stereocenters. The molecule has 3 aromatic carbocycles. The molecule has 0 saturated heterocycles. The van der Waals surface area contributed by atoms with E-state index in [1.165, 1.54) is 63.4 Å². The standard InChI is InChI=1S/C30H38O2/c1-2-3-4-5-6-7-8-9-10-13-20-26-23-24-28(31)30(32-27-21-16-12-17-22-27)29(26)25-18-14-11-15-19-25/h11-12,14-19,21-24,31H,2-10,13,20H2,1H3. The second kappa shape index (κ2) is 13.6. The summed E-state index contributed by atoms with van der Waals surface area (Å²) in [5, 5.41) is 10.7. The Bertz CT molecular complexity index is 903. The minimum absolute atomic E-state index is 0.180. The Labute approximate surface area is 194 Å². The largest absolute Gasteiger partial charge is 0.504 e. The molecule has 170 valence electrons. The topological polar surface area (TPSA) is 29.5 Å². The number of phenols is 1. The Morgan fingerprint density at radius 1 is 0.625 bits per heavy atom. The smallest absolute Gasteiger partial charge is 0.177 e. The second-order valence-corrected chi connectivity index (χ2v) is 8.66. The third-order valence-electron chi connectivity index (χ3n) is 6.05. The molecule has 0 bridgehead atoms. The second-order valence-electron chi connectivity index (χ2n) is 8.66. The van der Waals surface area contributed by atoms with Crippen LogP contribution in [0.15, 0.2) is 72.8 Å². The Kier molecular flexibility index (Phi) is 10.2. The van der Waals surface area contributed by atoms with Gasteiger partial charge in [0.05, 0.1) is 0 Å². The van der Waals surface area contributed by atoms with Gasteiger partial charge in [0, 0.05) is 5.56 Å². The van der Waals surface area contributed by atoms with Crippen LogP contribution in [0.5, 0.6) is 17.2 Å². The number of aromatic hydroxyl groups is 1. The number of hydrogen-bond acceptors (Lipinski definition) is 2. The highest BCUT2D eigenvalue weighted by molar-refractivity contribution is 5.77. The third-order valence-corrected chi connectivity index (χ3v) is 6.05. The van der Waals surface area contributed by atoms with Crippen molar-refractivity contribution in [1.82, 2.24) is 0 Å². The highest BCUT2D eigenvalue weighted by Crippen LogP contribution is 2.43. The molecule has 1 N–H and O–H groups in total. The van der Waals surface area contributed by atoms with E-state index in [4.69, 9.17) is 4.74 Å². The molecule has 0 aromatic heterocycles. The van der Waals surface area contributed by atoms with Crippen molar-refractivity contribution in [2.24, 2.45) is 0 Å². The van der Waals surface area contributed by atoms with Crippen LogP contribution in [0.1, 0.15) is 76.7 Å². The van der Waals surface area contributed by atoms with Gasteiger partial charge in [0.1, 0.15) is 5.75 Å². The van der Waals surface area contributed by atoms with Crippen LogP contribution < -0.4 is 4.74 Å². The Balaban J connectivity index is 1.63. The maximum absolute atomic E-state index is 10.7. The molecule has 32 heavy (non-hydrogen) atoms. The monoisotopic (exact) mass is 430 g/mol. The van der Waals surface area contributed by atoms with Crippen molar-refractivity contribution >= 4 is 0 Å². The molecule has 0 aliphatic rings. The van der Waals surface area contributed by atoms with E-state index in [1.54, 1.807) is 6.07 Å². The molecule has 0 heterocycles. The van der Waals surface area contributed by atoms with Crippen molar-refractivity contribution in [1.29, 1.82) is 0 Å². The van der Waals surface area contributed by atoms with Crippen LogP contribution in [-0.4, -0.2) is 5.11 Å². The summed E-state index contributed by atoms with van der Waals surface area (Å²) in [5.74, 6) is 1.46. The number of phenolic OH excluding ortho intramolecular Hbond substituents is 1. The summed E-state index contributed by atoms with van der Waals surface area (Å²) in [6.07, 6.45) is 14.3. The average molecular weight is 431 g/mol. The molecule has 0 aliphatic carbocycles. The number of benzene rings is 3. The minimum atomic E-state index is 0.180. The number of rotatable bonds is 14. The van der Waals surface area contributed by atoms with E-state index in [9.17, 15) is 5.11 Å². The van der Waals surface area contributed by atoms with E-state index in [2.05, 4.69) is 25.1 Å². The van der Waals surface area contributed by atoms with Gasteiger partial charge in [-0.1, -0.05) is 119 Å². The van der Waals surface area contributed by atoms with Crippen LogP contribution >= 0.6 is 0 Å². The van der Waals surface area contributed by atoms with Gasteiger partial charge in [-0.15, -0.1) is 0 Å². The van der Waals surface area contributed by atoms with Gasteiger partial charge < -0.3 is 9.84 Å². The van der Waals surface area contributed by atoms with Gasteiger partial charge in [-0.05, 0) is 42.2 Å². The normalized spacial score (nSPS) is 10.9. The minimum Gasteiger partial charge on any atom is -0.504 e. The van der Waals surface area contributed by atoms with Gasteiger partial charge in [0.2, 0.25) is 0 Å². The van der Waals surface area contributed by atoms with Crippen LogP contribution in [-0.2, 0) is 6.42 Å².